The molecule has 1 aromatic rings. The number of rotatable bonds is 3. The van der Waals surface area contributed by atoms with Crippen molar-refractivity contribution in [3.05, 3.63) is 24.0 Å². The lowest BCUT2D eigenvalue weighted by molar-refractivity contribution is -0.105. The molecule has 4 heteroatoms. The van der Waals surface area contributed by atoms with Crippen LogP contribution in [0.2, 0.25) is 0 Å². The number of benzene rings is 1. The Morgan fingerprint density at radius 1 is 1.58 bits per heavy atom. The number of carbonyl (C=O) groups excluding carboxylic acids is 1. The second-order valence-electron chi connectivity index (χ2n) is 2.11. The molecular formula is C8H8FNO2. The predicted molar refractivity (Wildman–Crippen MR) is 42.6 cm³/mol. The SMILES string of the molecule is COc1cc(NC=O)ccc1F. The summed E-state index contributed by atoms with van der Waals surface area (Å²) in [5.41, 5.74) is 0.503. The van der Waals surface area contributed by atoms with E-state index in [-0.39, 0.29) is 5.75 Å². The van der Waals surface area contributed by atoms with E-state index in [1.54, 1.807) is 0 Å². The van der Waals surface area contributed by atoms with Crippen LogP contribution in [0, 0.1) is 5.82 Å². The molecule has 0 aliphatic rings. The van der Waals surface area contributed by atoms with Gasteiger partial charge >= 0.3 is 0 Å². The summed E-state index contributed by atoms with van der Waals surface area (Å²) in [7, 11) is 1.36. The fraction of sp³-hybridized carbons (Fsp3) is 0.125. The maximum atomic E-state index is 12.8. The zero-order chi connectivity index (χ0) is 8.97. The van der Waals surface area contributed by atoms with Gasteiger partial charge < -0.3 is 10.1 Å². The molecule has 0 aliphatic carbocycles. The molecule has 0 unspecified atom stereocenters. The molecular weight excluding hydrogens is 161 g/mol. The number of carbonyl (C=O) groups is 1. The van der Waals surface area contributed by atoms with Gasteiger partial charge in [-0.15, -0.1) is 0 Å². The molecule has 0 bridgehead atoms. The van der Waals surface area contributed by atoms with Crippen molar-refractivity contribution in [1.82, 2.24) is 0 Å². The summed E-state index contributed by atoms with van der Waals surface area (Å²) < 4.78 is 17.5. The Balaban J connectivity index is 2.96. The van der Waals surface area contributed by atoms with E-state index in [2.05, 4.69) is 5.32 Å². The van der Waals surface area contributed by atoms with Gasteiger partial charge in [0.05, 0.1) is 7.11 Å². The number of ether oxygens (including phenoxy) is 1. The highest BCUT2D eigenvalue weighted by Gasteiger charge is 2.01. The van der Waals surface area contributed by atoms with Crippen LogP contribution < -0.4 is 10.1 Å². The minimum absolute atomic E-state index is 0.113. The Morgan fingerprint density at radius 2 is 2.33 bits per heavy atom. The Hall–Kier alpha value is -1.58. The molecule has 0 aromatic heterocycles. The van der Waals surface area contributed by atoms with Crippen LogP contribution in [-0.4, -0.2) is 13.5 Å². The highest BCUT2D eigenvalue weighted by molar-refractivity contribution is 5.71. The molecule has 1 amide bonds. The Bertz CT molecular complexity index is 288. The van der Waals surface area contributed by atoms with Gasteiger partial charge in [-0.05, 0) is 12.1 Å². The van der Waals surface area contributed by atoms with Gasteiger partial charge in [-0.3, -0.25) is 4.79 Å². The summed E-state index contributed by atoms with van der Waals surface area (Å²) in [6.07, 6.45) is 0.521. The number of nitrogens with one attached hydrogen (secondary N) is 1. The number of methoxy groups -OCH3 is 1. The van der Waals surface area contributed by atoms with Crippen LogP contribution in [0.1, 0.15) is 0 Å². The predicted octanol–water partition coefficient (Wildman–Crippen LogP) is 1.40. The molecule has 0 saturated carbocycles. The van der Waals surface area contributed by atoms with E-state index in [9.17, 15) is 9.18 Å². The molecule has 0 radical (unpaired) electrons. The first-order chi connectivity index (χ1) is 5.77. The lowest BCUT2D eigenvalue weighted by atomic mass is 10.3. The Labute approximate surface area is 69.2 Å². The summed E-state index contributed by atoms with van der Waals surface area (Å²) in [6, 6.07) is 4.08. The third kappa shape index (κ3) is 1.72. The first-order valence-corrected chi connectivity index (χ1v) is 3.31. The van der Waals surface area contributed by atoms with Gasteiger partial charge in [0.1, 0.15) is 0 Å². The quantitative estimate of drug-likeness (QED) is 0.694. The van der Waals surface area contributed by atoms with Crippen LogP contribution in [0.4, 0.5) is 10.1 Å². The molecule has 1 N–H and O–H groups in total. The molecule has 12 heavy (non-hydrogen) atoms. The highest BCUT2D eigenvalue weighted by Crippen LogP contribution is 2.20. The van der Waals surface area contributed by atoms with Crippen molar-refractivity contribution < 1.29 is 13.9 Å². The number of amides is 1. The Morgan fingerprint density at radius 3 is 2.92 bits per heavy atom. The maximum absolute atomic E-state index is 12.8. The summed E-state index contributed by atoms with van der Waals surface area (Å²) in [6.45, 7) is 0. The fourth-order valence-electron chi connectivity index (χ4n) is 0.818. The molecule has 0 saturated heterocycles. The van der Waals surface area contributed by atoms with E-state index in [4.69, 9.17) is 4.74 Å². The number of hydrogen-bond donors (Lipinski definition) is 1. The van der Waals surface area contributed by atoms with E-state index >= 15 is 0 Å². The van der Waals surface area contributed by atoms with Crippen molar-refractivity contribution in [3.8, 4) is 5.75 Å². The van der Waals surface area contributed by atoms with E-state index in [1.807, 2.05) is 0 Å². The lowest BCUT2D eigenvalue weighted by Gasteiger charge is -2.03. The normalized spacial score (nSPS) is 9.17. The minimum Gasteiger partial charge on any atom is -0.494 e. The van der Waals surface area contributed by atoms with Crippen molar-refractivity contribution >= 4 is 12.1 Å². The van der Waals surface area contributed by atoms with Crippen molar-refractivity contribution in [2.75, 3.05) is 12.4 Å². The smallest absolute Gasteiger partial charge is 0.211 e. The molecule has 0 aliphatic heterocycles. The molecule has 0 heterocycles. The van der Waals surface area contributed by atoms with Crippen molar-refractivity contribution in [1.29, 1.82) is 0 Å². The highest BCUT2D eigenvalue weighted by atomic mass is 19.1. The van der Waals surface area contributed by atoms with Crippen LogP contribution in [0.3, 0.4) is 0 Å². The van der Waals surface area contributed by atoms with Crippen LogP contribution in [0.5, 0.6) is 5.75 Å². The maximum Gasteiger partial charge on any atom is 0.211 e. The lowest BCUT2D eigenvalue weighted by Crippen LogP contribution is -1.95. The zero-order valence-corrected chi connectivity index (χ0v) is 6.50. The first kappa shape index (κ1) is 8.52. The number of halogens is 1. The Kier molecular flexibility index (Phi) is 2.63. The van der Waals surface area contributed by atoms with E-state index < -0.39 is 5.82 Å². The van der Waals surface area contributed by atoms with Gasteiger partial charge in [-0.1, -0.05) is 0 Å². The third-order valence-electron chi connectivity index (χ3n) is 1.38. The van der Waals surface area contributed by atoms with E-state index in [0.717, 1.165) is 0 Å². The summed E-state index contributed by atoms with van der Waals surface area (Å²) in [4.78, 5) is 10.0. The third-order valence-corrected chi connectivity index (χ3v) is 1.38. The van der Waals surface area contributed by atoms with Crippen LogP contribution in [0.15, 0.2) is 18.2 Å². The topological polar surface area (TPSA) is 38.3 Å². The second kappa shape index (κ2) is 3.71. The minimum atomic E-state index is -0.450. The molecule has 0 atom stereocenters. The average molecular weight is 169 g/mol. The van der Waals surface area contributed by atoms with Crippen LogP contribution in [0.25, 0.3) is 0 Å². The molecule has 0 fully saturated rings. The number of anilines is 1. The average Bonchev–Trinajstić information content (AvgIpc) is 2.09. The monoisotopic (exact) mass is 169 g/mol. The summed E-state index contributed by atoms with van der Waals surface area (Å²) in [5.74, 6) is -0.337. The molecule has 3 nitrogen and oxygen atoms in total. The van der Waals surface area contributed by atoms with Gasteiger partial charge in [-0.25, -0.2) is 4.39 Å². The zero-order valence-electron chi connectivity index (χ0n) is 6.50. The molecule has 1 rings (SSSR count). The van der Waals surface area contributed by atoms with Gasteiger partial charge in [0.2, 0.25) is 6.41 Å². The van der Waals surface area contributed by atoms with Gasteiger partial charge in [0, 0.05) is 11.8 Å². The van der Waals surface area contributed by atoms with Gasteiger partial charge in [-0.2, -0.15) is 0 Å². The van der Waals surface area contributed by atoms with E-state index in [0.29, 0.717) is 12.1 Å². The summed E-state index contributed by atoms with van der Waals surface area (Å²) in [5, 5.41) is 2.38. The van der Waals surface area contributed by atoms with Crippen LogP contribution in [-0.2, 0) is 4.79 Å². The van der Waals surface area contributed by atoms with Crippen molar-refractivity contribution in [2.45, 2.75) is 0 Å². The molecule has 64 valence electrons. The largest absolute Gasteiger partial charge is 0.494 e. The van der Waals surface area contributed by atoms with Crippen molar-refractivity contribution in [2.24, 2.45) is 0 Å². The molecule has 1 aromatic carbocycles. The van der Waals surface area contributed by atoms with E-state index in [1.165, 1.54) is 25.3 Å². The second-order valence-corrected chi connectivity index (χ2v) is 2.11. The van der Waals surface area contributed by atoms with Crippen molar-refractivity contribution in [3.63, 3.8) is 0 Å². The molecule has 0 spiro atoms. The fourth-order valence-corrected chi connectivity index (χ4v) is 0.818. The standard InChI is InChI=1S/C8H8FNO2/c1-12-8-4-6(10-5-11)2-3-7(8)9/h2-5H,1H3,(H,10,11). The summed E-state index contributed by atoms with van der Waals surface area (Å²) >= 11 is 0. The van der Waals surface area contributed by atoms with Gasteiger partial charge in [0.15, 0.2) is 11.6 Å². The van der Waals surface area contributed by atoms with Crippen LogP contribution >= 0.6 is 0 Å². The van der Waals surface area contributed by atoms with Gasteiger partial charge in [0.25, 0.3) is 0 Å². The number of hydrogen-bond acceptors (Lipinski definition) is 2. The first-order valence-electron chi connectivity index (χ1n) is 3.31.